The van der Waals surface area contributed by atoms with Crippen LogP contribution < -0.4 is 15.5 Å². The second-order valence-electron chi connectivity index (χ2n) is 6.21. The van der Waals surface area contributed by atoms with Crippen molar-refractivity contribution in [2.24, 2.45) is 5.73 Å². The van der Waals surface area contributed by atoms with Gasteiger partial charge in [0.2, 0.25) is 0 Å². The van der Waals surface area contributed by atoms with Crippen LogP contribution in [0.1, 0.15) is 21.7 Å². The first kappa shape index (κ1) is 15.6. The first-order chi connectivity index (χ1) is 11.1. The molecule has 4 N–H and O–H groups in total. The Hall–Kier alpha value is -2.24. The van der Waals surface area contributed by atoms with Crippen LogP contribution in [0.15, 0.2) is 36.4 Å². The molecule has 1 saturated heterocycles. The number of quaternary nitrogens is 2. The molecule has 0 bridgehead atoms. The van der Waals surface area contributed by atoms with Crippen LogP contribution in [-0.2, 0) is 0 Å². The van der Waals surface area contributed by atoms with Crippen molar-refractivity contribution < 1.29 is 14.6 Å². The van der Waals surface area contributed by atoms with Gasteiger partial charge in [-0.25, -0.2) is 0 Å². The highest BCUT2D eigenvalue weighted by Crippen LogP contribution is 2.15. The summed E-state index contributed by atoms with van der Waals surface area (Å²) in [5, 5.41) is 0. The van der Waals surface area contributed by atoms with Crippen LogP contribution in [0.4, 0.5) is 11.4 Å². The Morgan fingerprint density at radius 3 is 2.26 bits per heavy atom. The Kier molecular flexibility index (Phi) is 4.41. The summed E-state index contributed by atoms with van der Waals surface area (Å²) in [4.78, 5) is 19.1. The number of aromatic nitrogens is 1. The van der Waals surface area contributed by atoms with Crippen LogP contribution >= 0.6 is 0 Å². The SMILES string of the molecule is Cc1cc([NH+]2CC[NH+](c3ccccc3)CC2)c(C(N)=O)c(C)n1. The first-order valence-electron chi connectivity index (χ1n) is 8.09. The van der Waals surface area contributed by atoms with E-state index in [4.69, 9.17) is 5.73 Å². The van der Waals surface area contributed by atoms with Crippen molar-refractivity contribution in [3.8, 4) is 0 Å². The van der Waals surface area contributed by atoms with Gasteiger partial charge in [0.05, 0.1) is 5.69 Å². The number of carbonyl (C=O) groups excluding carboxylic acids is 1. The van der Waals surface area contributed by atoms with E-state index in [1.807, 2.05) is 26.0 Å². The minimum absolute atomic E-state index is 0.379. The van der Waals surface area contributed by atoms with E-state index in [0.717, 1.165) is 43.3 Å². The molecule has 0 spiro atoms. The first-order valence-corrected chi connectivity index (χ1v) is 8.09. The van der Waals surface area contributed by atoms with Crippen LogP contribution in [0, 0.1) is 13.8 Å². The van der Waals surface area contributed by atoms with E-state index in [2.05, 4.69) is 29.2 Å². The predicted molar refractivity (Wildman–Crippen MR) is 89.4 cm³/mol. The lowest BCUT2D eigenvalue weighted by Crippen LogP contribution is -3.24. The number of amides is 1. The number of carbonyl (C=O) groups is 1. The fourth-order valence-corrected chi connectivity index (χ4v) is 3.50. The van der Waals surface area contributed by atoms with Crippen LogP contribution in [0.5, 0.6) is 0 Å². The number of rotatable bonds is 3. The van der Waals surface area contributed by atoms with Crippen molar-refractivity contribution in [3.63, 3.8) is 0 Å². The Balaban J connectivity index is 1.82. The van der Waals surface area contributed by atoms with Crippen LogP contribution in [-0.4, -0.2) is 37.1 Å². The van der Waals surface area contributed by atoms with Gasteiger partial charge in [-0.1, -0.05) is 18.2 Å². The molecule has 1 aliphatic rings. The van der Waals surface area contributed by atoms with Crippen LogP contribution in [0.2, 0.25) is 0 Å². The molecule has 2 aromatic rings. The number of nitrogens with two attached hydrogens (primary N) is 1. The van der Waals surface area contributed by atoms with Crippen molar-refractivity contribution in [2.75, 3.05) is 26.2 Å². The topological polar surface area (TPSA) is 64.9 Å². The number of piperazine rings is 1. The highest BCUT2D eigenvalue weighted by molar-refractivity contribution is 5.97. The Bertz CT molecular complexity index is 706. The molecule has 120 valence electrons. The monoisotopic (exact) mass is 312 g/mol. The van der Waals surface area contributed by atoms with Gasteiger partial charge >= 0.3 is 0 Å². The summed E-state index contributed by atoms with van der Waals surface area (Å²) in [5.74, 6) is -0.379. The van der Waals surface area contributed by atoms with Gasteiger partial charge in [0.15, 0.2) is 0 Å². The zero-order chi connectivity index (χ0) is 16.4. The third kappa shape index (κ3) is 3.25. The summed E-state index contributed by atoms with van der Waals surface area (Å²) in [6, 6.07) is 12.6. The van der Waals surface area contributed by atoms with Gasteiger partial charge in [-0.2, -0.15) is 0 Å². The van der Waals surface area contributed by atoms with Crippen molar-refractivity contribution in [1.29, 1.82) is 0 Å². The Morgan fingerprint density at radius 1 is 1.04 bits per heavy atom. The number of pyridine rings is 1. The lowest BCUT2D eigenvalue weighted by Gasteiger charge is -2.30. The maximum atomic E-state index is 11.8. The molecule has 2 heterocycles. The van der Waals surface area contributed by atoms with E-state index in [1.165, 1.54) is 15.5 Å². The molecule has 0 radical (unpaired) electrons. The van der Waals surface area contributed by atoms with E-state index >= 15 is 0 Å². The minimum atomic E-state index is -0.379. The van der Waals surface area contributed by atoms with E-state index in [0.29, 0.717) is 5.56 Å². The lowest BCUT2D eigenvalue weighted by molar-refractivity contribution is -0.952. The van der Waals surface area contributed by atoms with Gasteiger partial charge < -0.3 is 5.73 Å². The molecule has 5 heteroatoms. The molecule has 1 fully saturated rings. The summed E-state index contributed by atoms with van der Waals surface area (Å²) >= 11 is 0. The molecular weight excluding hydrogens is 288 g/mol. The van der Waals surface area contributed by atoms with Crippen LogP contribution in [0.25, 0.3) is 0 Å². The Morgan fingerprint density at radius 2 is 1.65 bits per heavy atom. The summed E-state index contributed by atoms with van der Waals surface area (Å²) in [7, 11) is 0. The molecule has 5 nitrogen and oxygen atoms in total. The third-order valence-corrected chi connectivity index (χ3v) is 4.59. The average Bonchev–Trinajstić information content (AvgIpc) is 2.54. The molecule has 3 rings (SSSR count). The molecule has 0 aliphatic carbocycles. The smallest absolute Gasteiger partial charge is 0.256 e. The molecule has 1 aliphatic heterocycles. The van der Waals surface area contributed by atoms with E-state index in [1.54, 1.807) is 0 Å². The van der Waals surface area contributed by atoms with Crippen LogP contribution in [0.3, 0.4) is 0 Å². The van der Waals surface area contributed by atoms with Crippen molar-refractivity contribution >= 4 is 17.3 Å². The Labute approximate surface area is 136 Å². The normalized spacial score (nSPS) is 21.1. The fraction of sp³-hybridized carbons (Fsp3) is 0.333. The second-order valence-corrected chi connectivity index (χ2v) is 6.21. The van der Waals surface area contributed by atoms with E-state index in [-0.39, 0.29) is 5.91 Å². The number of nitrogens with zero attached hydrogens (tertiary/aromatic N) is 1. The highest BCUT2D eigenvalue weighted by Gasteiger charge is 2.29. The minimum Gasteiger partial charge on any atom is -0.365 e. The van der Waals surface area contributed by atoms with Gasteiger partial charge in [0.25, 0.3) is 5.91 Å². The third-order valence-electron chi connectivity index (χ3n) is 4.59. The zero-order valence-electron chi connectivity index (χ0n) is 13.7. The molecule has 23 heavy (non-hydrogen) atoms. The molecule has 1 aromatic heterocycles. The molecule has 0 atom stereocenters. The number of para-hydroxylation sites is 1. The maximum Gasteiger partial charge on any atom is 0.256 e. The number of hydrogen-bond acceptors (Lipinski definition) is 2. The fourth-order valence-electron chi connectivity index (χ4n) is 3.50. The van der Waals surface area contributed by atoms with Crippen molar-refractivity contribution in [1.82, 2.24) is 4.98 Å². The van der Waals surface area contributed by atoms with Crippen molar-refractivity contribution in [3.05, 3.63) is 53.3 Å². The van der Waals surface area contributed by atoms with Gasteiger partial charge in [0.1, 0.15) is 43.1 Å². The van der Waals surface area contributed by atoms with Gasteiger partial charge in [0, 0.05) is 11.8 Å². The second kappa shape index (κ2) is 6.48. The summed E-state index contributed by atoms with van der Waals surface area (Å²) in [6.07, 6.45) is 0. The molecular formula is C18H24N4O+2. The molecule has 0 unspecified atom stereocenters. The largest absolute Gasteiger partial charge is 0.365 e. The van der Waals surface area contributed by atoms with Gasteiger partial charge in [-0.15, -0.1) is 0 Å². The number of benzene rings is 1. The molecule has 1 aromatic carbocycles. The number of aryl methyl sites for hydroxylation is 2. The molecule has 0 saturated carbocycles. The predicted octanol–water partition coefficient (Wildman–Crippen LogP) is -0.456. The van der Waals surface area contributed by atoms with Gasteiger partial charge in [-0.05, 0) is 26.0 Å². The summed E-state index contributed by atoms with van der Waals surface area (Å²) < 4.78 is 0. The number of primary amides is 1. The van der Waals surface area contributed by atoms with E-state index < -0.39 is 0 Å². The standard InChI is InChI=1S/C18H22N4O/c1-13-12-16(17(18(19)23)14(2)20-13)22-10-8-21(9-11-22)15-6-4-3-5-7-15/h3-7,12H,8-11H2,1-2H3,(H2,19,23)/p+2. The number of nitrogens with one attached hydrogen (secondary N) is 2. The van der Waals surface area contributed by atoms with Gasteiger partial charge in [-0.3, -0.25) is 19.6 Å². The lowest BCUT2D eigenvalue weighted by atomic mass is 10.1. The quantitative estimate of drug-likeness (QED) is 0.718. The summed E-state index contributed by atoms with van der Waals surface area (Å²) in [6.45, 7) is 7.87. The average molecular weight is 312 g/mol. The zero-order valence-corrected chi connectivity index (χ0v) is 13.7. The number of hydrogen-bond donors (Lipinski definition) is 3. The van der Waals surface area contributed by atoms with E-state index in [9.17, 15) is 4.79 Å². The maximum absolute atomic E-state index is 11.8. The molecule has 1 amide bonds. The summed E-state index contributed by atoms with van der Waals surface area (Å²) in [5.41, 5.74) is 10.2. The van der Waals surface area contributed by atoms with Crippen molar-refractivity contribution in [2.45, 2.75) is 13.8 Å². The highest BCUT2D eigenvalue weighted by atomic mass is 16.1.